The van der Waals surface area contributed by atoms with Crippen LogP contribution in [0.15, 0.2) is 48.5 Å². The van der Waals surface area contributed by atoms with Gasteiger partial charge in [0, 0.05) is 41.1 Å². The quantitative estimate of drug-likeness (QED) is 0.472. The van der Waals surface area contributed by atoms with Crippen LogP contribution in [-0.4, -0.2) is 54.3 Å². The molecule has 31 heavy (non-hydrogen) atoms. The Bertz CT molecular complexity index is 1280. The van der Waals surface area contributed by atoms with Crippen molar-refractivity contribution in [2.75, 3.05) is 33.4 Å². The lowest BCUT2D eigenvalue weighted by Gasteiger charge is -2.26. The topological polar surface area (TPSA) is 67.5 Å². The molecule has 1 aliphatic rings. The van der Waals surface area contributed by atoms with E-state index in [-0.39, 0.29) is 0 Å². The third-order valence-corrected chi connectivity index (χ3v) is 5.89. The lowest BCUT2D eigenvalue weighted by atomic mass is 10.1. The third-order valence-electron chi connectivity index (χ3n) is 5.65. The first-order chi connectivity index (χ1) is 15.1. The van der Waals surface area contributed by atoms with Crippen LogP contribution in [0.2, 0.25) is 5.02 Å². The van der Waals surface area contributed by atoms with Crippen LogP contribution in [0.4, 0.5) is 0 Å². The molecule has 1 aliphatic heterocycles. The number of esters is 1. The standard InChI is InChI=1S/C24H22ClN3O3/c1-30-24(29)19-13-21(16-3-2-4-17(25)12-16)27-22-18-11-15(5-6-20(18)26-23(19)22)14-28-7-9-31-10-8-28/h2-6,11-13,26H,7-10,14H2,1H3. The Balaban J connectivity index is 1.66. The summed E-state index contributed by atoms with van der Waals surface area (Å²) in [6, 6.07) is 15.5. The van der Waals surface area contributed by atoms with E-state index in [0.717, 1.165) is 54.8 Å². The second-order valence-corrected chi connectivity index (χ2v) is 8.11. The number of carbonyl (C=O) groups excluding carboxylic acids is 1. The number of ether oxygens (including phenoxy) is 2. The number of pyridine rings is 1. The fourth-order valence-electron chi connectivity index (χ4n) is 4.08. The van der Waals surface area contributed by atoms with Gasteiger partial charge in [-0.05, 0) is 35.9 Å². The maximum atomic E-state index is 12.6. The van der Waals surface area contributed by atoms with Gasteiger partial charge in [-0.15, -0.1) is 0 Å². The summed E-state index contributed by atoms with van der Waals surface area (Å²) in [5.74, 6) is -0.407. The van der Waals surface area contributed by atoms with Crippen LogP contribution in [0.25, 0.3) is 33.2 Å². The molecule has 0 saturated carbocycles. The number of hydrogen-bond acceptors (Lipinski definition) is 5. The largest absolute Gasteiger partial charge is 0.465 e. The number of morpholine rings is 1. The van der Waals surface area contributed by atoms with Crippen LogP contribution in [0.1, 0.15) is 15.9 Å². The predicted octanol–water partition coefficient (Wildman–Crippen LogP) is 4.66. The van der Waals surface area contributed by atoms with Gasteiger partial charge in [-0.25, -0.2) is 9.78 Å². The first-order valence-electron chi connectivity index (χ1n) is 10.2. The highest BCUT2D eigenvalue weighted by molar-refractivity contribution is 6.30. The van der Waals surface area contributed by atoms with E-state index in [1.54, 1.807) is 6.07 Å². The summed E-state index contributed by atoms with van der Waals surface area (Å²) < 4.78 is 10.5. The summed E-state index contributed by atoms with van der Waals surface area (Å²) in [5.41, 5.74) is 5.53. The van der Waals surface area contributed by atoms with Gasteiger partial charge < -0.3 is 14.5 Å². The lowest BCUT2D eigenvalue weighted by molar-refractivity contribution is 0.0342. The van der Waals surface area contributed by atoms with Crippen molar-refractivity contribution in [3.05, 3.63) is 64.7 Å². The van der Waals surface area contributed by atoms with E-state index in [2.05, 4.69) is 22.0 Å². The molecule has 6 nitrogen and oxygen atoms in total. The van der Waals surface area contributed by atoms with Gasteiger partial charge in [0.1, 0.15) is 0 Å². The molecule has 0 spiro atoms. The van der Waals surface area contributed by atoms with E-state index in [9.17, 15) is 4.79 Å². The number of aromatic amines is 1. The van der Waals surface area contributed by atoms with Crippen LogP contribution in [0, 0.1) is 0 Å². The molecule has 5 rings (SSSR count). The van der Waals surface area contributed by atoms with Gasteiger partial charge in [-0.1, -0.05) is 29.8 Å². The number of halogens is 1. The average molecular weight is 436 g/mol. The predicted molar refractivity (Wildman–Crippen MR) is 121 cm³/mol. The van der Waals surface area contributed by atoms with Crippen molar-refractivity contribution in [2.24, 2.45) is 0 Å². The van der Waals surface area contributed by atoms with E-state index < -0.39 is 5.97 Å². The van der Waals surface area contributed by atoms with Crippen molar-refractivity contribution < 1.29 is 14.3 Å². The molecule has 0 aliphatic carbocycles. The van der Waals surface area contributed by atoms with Crippen LogP contribution in [-0.2, 0) is 16.0 Å². The molecule has 2 aromatic heterocycles. The van der Waals surface area contributed by atoms with Crippen molar-refractivity contribution in [3.63, 3.8) is 0 Å². The number of hydrogen-bond donors (Lipinski definition) is 1. The SMILES string of the molecule is COC(=O)c1cc(-c2cccc(Cl)c2)nc2c1[nH]c1ccc(CN3CCOCC3)cc12. The molecule has 2 aromatic carbocycles. The maximum Gasteiger partial charge on any atom is 0.340 e. The number of carbonyl (C=O) groups is 1. The second kappa shape index (κ2) is 8.30. The molecule has 0 unspecified atom stereocenters. The minimum absolute atomic E-state index is 0.407. The number of rotatable bonds is 4. The number of nitrogens with one attached hydrogen (secondary N) is 1. The molecule has 1 N–H and O–H groups in total. The first-order valence-corrected chi connectivity index (χ1v) is 10.6. The van der Waals surface area contributed by atoms with Crippen molar-refractivity contribution in [1.82, 2.24) is 14.9 Å². The zero-order valence-corrected chi connectivity index (χ0v) is 17.9. The Morgan fingerprint density at radius 1 is 1.19 bits per heavy atom. The molecule has 158 valence electrons. The Hall–Kier alpha value is -2.93. The number of aromatic nitrogens is 2. The van der Waals surface area contributed by atoms with Gasteiger partial charge in [-0.2, -0.15) is 0 Å². The van der Waals surface area contributed by atoms with Gasteiger partial charge >= 0.3 is 5.97 Å². The van der Waals surface area contributed by atoms with Crippen molar-refractivity contribution in [3.8, 4) is 11.3 Å². The maximum absolute atomic E-state index is 12.6. The Kier molecular flexibility index (Phi) is 5.36. The smallest absolute Gasteiger partial charge is 0.340 e. The van der Waals surface area contributed by atoms with Gasteiger partial charge in [0.25, 0.3) is 0 Å². The van der Waals surface area contributed by atoms with Crippen LogP contribution < -0.4 is 0 Å². The summed E-state index contributed by atoms with van der Waals surface area (Å²) >= 11 is 6.19. The normalized spacial score (nSPS) is 14.9. The molecule has 1 saturated heterocycles. The lowest BCUT2D eigenvalue weighted by Crippen LogP contribution is -2.35. The summed E-state index contributed by atoms with van der Waals surface area (Å²) in [7, 11) is 1.39. The Morgan fingerprint density at radius 2 is 2.03 bits per heavy atom. The van der Waals surface area contributed by atoms with E-state index in [0.29, 0.717) is 21.8 Å². The Morgan fingerprint density at radius 3 is 2.81 bits per heavy atom. The molecule has 0 atom stereocenters. The molecular weight excluding hydrogens is 414 g/mol. The minimum atomic E-state index is -0.407. The number of benzene rings is 2. The highest BCUT2D eigenvalue weighted by atomic mass is 35.5. The van der Waals surface area contributed by atoms with Gasteiger partial charge in [-0.3, -0.25) is 4.90 Å². The minimum Gasteiger partial charge on any atom is -0.465 e. The number of methoxy groups -OCH3 is 1. The fourth-order valence-corrected chi connectivity index (χ4v) is 4.27. The zero-order chi connectivity index (χ0) is 21.4. The van der Waals surface area contributed by atoms with E-state index in [4.69, 9.17) is 26.1 Å². The molecule has 4 aromatic rings. The molecule has 0 bridgehead atoms. The van der Waals surface area contributed by atoms with Gasteiger partial charge in [0.05, 0.1) is 42.6 Å². The van der Waals surface area contributed by atoms with Gasteiger partial charge in [0.15, 0.2) is 0 Å². The monoisotopic (exact) mass is 435 g/mol. The van der Waals surface area contributed by atoms with Crippen molar-refractivity contribution >= 4 is 39.5 Å². The van der Waals surface area contributed by atoms with E-state index in [1.807, 2.05) is 30.3 Å². The van der Waals surface area contributed by atoms with Crippen LogP contribution in [0.3, 0.4) is 0 Å². The molecule has 1 fully saturated rings. The van der Waals surface area contributed by atoms with Crippen molar-refractivity contribution in [2.45, 2.75) is 6.54 Å². The highest BCUT2D eigenvalue weighted by Gasteiger charge is 2.19. The Labute approximate surface area is 184 Å². The van der Waals surface area contributed by atoms with Crippen LogP contribution in [0.5, 0.6) is 0 Å². The van der Waals surface area contributed by atoms with Crippen LogP contribution >= 0.6 is 11.6 Å². The molecule has 3 heterocycles. The fraction of sp³-hybridized carbons (Fsp3) is 0.250. The highest BCUT2D eigenvalue weighted by Crippen LogP contribution is 2.32. The van der Waals surface area contributed by atoms with E-state index >= 15 is 0 Å². The summed E-state index contributed by atoms with van der Waals surface area (Å²) in [6.45, 7) is 4.24. The number of fused-ring (bicyclic) bond motifs is 3. The van der Waals surface area contributed by atoms with Gasteiger partial charge in [0.2, 0.25) is 0 Å². The van der Waals surface area contributed by atoms with Crippen molar-refractivity contribution in [1.29, 1.82) is 0 Å². The average Bonchev–Trinajstić information content (AvgIpc) is 3.16. The summed E-state index contributed by atoms with van der Waals surface area (Å²) in [4.78, 5) is 23.2. The molecule has 0 amide bonds. The zero-order valence-electron chi connectivity index (χ0n) is 17.2. The second-order valence-electron chi connectivity index (χ2n) is 7.67. The number of H-pyrrole nitrogens is 1. The summed E-state index contributed by atoms with van der Waals surface area (Å²) in [5, 5.41) is 1.60. The third kappa shape index (κ3) is 3.90. The molecule has 7 heteroatoms. The number of nitrogens with zero attached hydrogens (tertiary/aromatic N) is 2. The van der Waals surface area contributed by atoms with E-state index in [1.165, 1.54) is 12.7 Å². The first kappa shape index (κ1) is 20.0. The summed E-state index contributed by atoms with van der Waals surface area (Å²) in [6.07, 6.45) is 0. The molecule has 0 radical (unpaired) electrons. The molecular formula is C24H22ClN3O3.